The summed E-state index contributed by atoms with van der Waals surface area (Å²) in [6.45, 7) is 5.63. The maximum atomic E-state index is 5.61. The normalized spacial score (nSPS) is 28.2. The molecule has 112 valence electrons. The minimum Gasteiger partial charge on any atom is -0.338 e. The molecule has 2 aliphatic rings. The molecule has 1 saturated heterocycles. The minimum absolute atomic E-state index is 0.200. The average Bonchev–Trinajstić information content (AvgIpc) is 2.73. The fourth-order valence-electron chi connectivity index (χ4n) is 3.70. The first-order chi connectivity index (χ1) is 9.67. The molecule has 2 fully saturated rings. The van der Waals surface area contributed by atoms with Gasteiger partial charge in [-0.2, -0.15) is 4.98 Å². The Morgan fingerprint density at radius 1 is 1.10 bits per heavy atom. The van der Waals surface area contributed by atoms with Gasteiger partial charge in [0.15, 0.2) is 5.82 Å². The fourth-order valence-corrected chi connectivity index (χ4v) is 3.70. The molecule has 0 spiro atoms. The third kappa shape index (κ3) is 2.90. The highest BCUT2D eigenvalue weighted by molar-refractivity contribution is 5.04. The average molecular weight is 277 g/mol. The molecule has 0 radical (unpaired) electrons. The second kappa shape index (κ2) is 5.84. The highest BCUT2D eigenvalue weighted by atomic mass is 16.5. The summed E-state index contributed by atoms with van der Waals surface area (Å²) in [4.78, 5) is 4.75. The van der Waals surface area contributed by atoms with Gasteiger partial charge in [0.1, 0.15) is 0 Å². The molecule has 0 aromatic carbocycles. The van der Waals surface area contributed by atoms with Crippen LogP contribution in [-0.4, -0.2) is 16.7 Å². The molecule has 4 nitrogen and oxygen atoms in total. The third-order valence-corrected chi connectivity index (χ3v) is 5.05. The Morgan fingerprint density at radius 2 is 1.85 bits per heavy atom. The van der Waals surface area contributed by atoms with Crippen LogP contribution in [0, 0.1) is 5.41 Å². The van der Waals surface area contributed by atoms with Crippen LogP contribution in [0.2, 0.25) is 0 Å². The summed E-state index contributed by atoms with van der Waals surface area (Å²) in [5.41, 5.74) is 0.200. The molecule has 20 heavy (non-hydrogen) atoms. The smallest absolute Gasteiger partial charge is 0.244 e. The number of aromatic nitrogens is 2. The summed E-state index contributed by atoms with van der Waals surface area (Å²) in [5.74, 6) is 2.26. The van der Waals surface area contributed by atoms with Gasteiger partial charge in [0.2, 0.25) is 5.89 Å². The highest BCUT2D eigenvalue weighted by Crippen LogP contribution is 2.40. The Labute approximate surface area is 121 Å². The molecular weight excluding hydrogens is 250 g/mol. The van der Waals surface area contributed by atoms with E-state index in [4.69, 9.17) is 9.51 Å². The maximum absolute atomic E-state index is 5.61. The number of nitrogens with one attached hydrogen (secondary N) is 1. The Hall–Kier alpha value is -0.900. The standard InChI is InChI=1S/C16H27N3O/c1-16(2)10-7-11-17-13(16)15-18-14(19-20-15)12-8-5-3-4-6-9-12/h12-13,17H,3-11H2,1-2H3. The van der Waals surface area contributed by atoms with Gasteiger partial charge in [-0.3, -0.25) is 0 Å². The zero-order chi connectivity index (χ0) is 14.0. The van der Waals surface area contributed by atoms with Crippen molar-refractivity contribution in [2.24, 2.45) is 5.41 Å². The van der Waals surface area contributed by atoms with E-state index in [2.05, 4.69) is 24.3 Å². The van der Waals surface area contributed by atoms with Crippen molar-refractivity contribution >= 4 is 0 Å². The summed E-state index contributed by atoms with van der Waals surface area (Å²) in [6, 6.07) is 0.211. The molecule has 2 heterocycles. The molecule has 1 atom stereocenters. The lowest BCUT2D eigenvalue weighted by Gasteiger charge is -2.36. The molecule has 1 saturated carbocycles. The van der Waals surface area contributed by atoms with Gasteiger partial charge < -0.3 is 9.84 Å². The van der Waals surface area contributed by atoms with Crippen LogP contribution in [0.5, 0.6) is 0 Å². The van der Waals surface area contributed by atoms with Gasteiger partial charge in [0.05, 0.1) is 6.04 Å². The Kier molecular flexibility index (Phi) is 4.11. The zero-order valence-electron chi connectivity index (χ0n) is 12.8. The minimum atomic E-state index is 0.200. The molecule has 1 aromatic heterocycles. The summed E-state index contributed by atoms with van der Waals surface area (Å²) < 4.78 is 5.61. The van der Waals surface area contributed by atoms with Gasteiger partial charge in [-0.05, 0) is 37.6 Å². The van der Waals surface area contributed by atoms with Gasteiger partial charge in [0, 0.05) is 5.92 Å². The van der Waals surface area contributed by atoms with Crippen LogP contribution >= 0.6 is 0 Å². The fraction of sp³-hybridized carbons (Fsp3) is 0.875. The van der Waals surface area contributed by atoms with Gasteiger partial charge in [-0.15, -0.1) is 0 Å². The van der Waals surface area contributed by atoms with E-state index in [-0.39, 0.29) is 11.5 Å². The Morgan fingerprint density at radius 3 is 2.55 bits per heavy atom. The van der Waals surface area contributed by atoms with Crippen molar-refractivity contribution in [1.29, 1.82) is 0 Å². The molecule has 1 unspecified atom stereocenters. The summed E-state index contributed by atoms with van der Waals surface area (Å²) in [6.07, 6.45) is 10.2. The first-order valence-electron chi connectivity index (χ1n) is 8.24. The van der Waals surface area contributed by atoms with Gasteiger partial charge >= 0.3 is 0 Å². The summed E-state index contributed by atoms with van der Waals surface area (Å²) in [7, 11) is 0. The molecule has 1 N–H and O–H groups in total. The van der Waals surface area contributed by atoms with Crippen LogP contribution in [0.15, 0.2) is 4.52 Å². The van der Waals surface area contributed by atoms with Crippen molar-refractivity contribution in [2.75, 3.05) is 6.54 Å². The van der Waals surface area contributed by atoms with E-state index < -0.39 is 0 Å². The van der Waals surface area contributed by atoms with Crippen LogP contribution in [0.4, 0.5) is 0 Å². The van der Waals surface area contributed by atoms with Crippen molar-refractivity contribution < 1.29 is 4.52 Å². The predicted molar refractivity (Wildman–Crippen MR) is 78.5 cm³/mol. The van der Waals surface area contributed by atoms with Crippen LogP contribution in [0.1, 0.15) is 88.9 Å². The van der Waals surface area contributed by atoms with E-state index in [1.807, 2.05) is 0 Å². The lowest BCUT2D eigenvalue weighted by Crippen LogP contribution is -2.39. The van der Waals surface area contributed by atoms with E-state index >= 15 is 0 Å². The van der Waals surface area contributed by atoms with Gasteiger partial charge in [-0.25, -0.2) is 0 Å². The lowest BCUT2D eigenvalue weighted by atomic mass is 9.77. The maximum Gasteiger partial charge on any atom is 0.244 e. The number of hydrogen-bond donors (Lipinski definition) is 1. The molecule has 1 aliphatic carbocycles. The monoisotopic (exact) mass is 277 g/mol. The first-order valence-corrected chi connectivity index (χ1v) is 8.24. The molecular formula is C16H27N3O. The topological polar surface area (TPSA) is 51.0 Å². The van der Waals surface area contributed by atoms with Crippen molar-refractivity contribution in [1.82, 2.24) is 15.5 Å². The molecule has 4 heteroatoms. The molecule has 3 rings (SSSR count). The van der Waals surface area contributed by atoms with Crippen LogP contribution in [-0.2, 0) is 0 Å². The molecule has 1 aliphatic heterocycles. The second-order valence-corrected chi connectivity index (χ2v) is 7.16. The second-order valence-electron chi connectivity index (χ2n) is 7.16. The van der Waals surface area contributed by atoms with Crippen molar-refractivity contribution in [3.8, 4) is 0 Å². The molecule has 1 aromatic rings. The zero-order valence-corrected chi connectivity index (χ0v) is 12.8. The molecule has 0 bridgehead atoms. The number of hydrogen-bond acceptors (Lipinski definition) is 4. The number of rotatable bonds is 2. The molecule has 0 amide bonds. The van der Waals surface area contributed by atoms with Crippen LogP contribution in [0.25, 0.3) is 0 Å². The largest absolute Gasteiger partial charge is 0.338 e. The number of piperidine rings is 1. The van der Waals surface area contributed by atoms with Gasteiger partial charge in [-0.1, -0.05) is 44.7 Å². The van der Waals surface area contributed by atoms with Crippen molar-refractivity contribution in [3.05, 3.63) is 11.7 Å². The van der Waals surface area contributed by atoms with Crippen LogP contribution in [0.3, 0.4) is 0 Å². The quantitative estimate of drug-likeness (QED) is 0.831. The first kappa shape index (κ1) is 14.1. The third-order valence-electron chi connectivity index (χ3n) is 5.05. The predicted octanol–water partition coefficient (Wildman–Crippen LogP) is 3.96. The Balaban J connectivity index is 1.75. The number of nitrogens with zero attached hydrogens (tertiary/aromatic N) is 2. The lowest BCUT2D eigenvalue weighted by molar-refractivity contribution is 0.146. The van der Waals surface area contributed by atoms with E-state index in [9.17, 15) is 0 Å². The Bertz CT molecular complexity index is 433. The SMILES string of the molecule is CC1(C)CCCNC1c1nc(C2CCCCCC2)no1. The summed E-state index contributed by atoms with van der Waals surface area (Å²) in [5, 5.41) is 7.85. The highest BCUT2D eigenvalue weighted by Gasteiger charge is 2.37. The van der Waals surface area contributed by atoms with Crippen molar-refractivity contribution in [2.45, 2.75) is 77.2 Å². The van der Waals surface area contributed by atoms with Crippen LogP contribution < -0.4 is 5.32 Å². The van der Waals surface area contributed by atoms with E-state index in [0.29, 0.717) is 5.92 Å². The van der Waals surface area contributed by atoms with E-state index in [0.717, 1.165) is 18.3 Å². The summed E-state index contributed by atoms with van der Waals surface area (Å²) >= 11 is 0. The van der Waals surface area contributed by atoms with Crippen molar-refractivity contribution in [3.63, 3.8) is 0 Å². The van der Waals surface area contributed by atoms with E-state index in [1.54, 1.807) is 0 Å². The van der Waals surface area contributed by atoms with E-state index in [1.165, 1.54) is 51.4 Å². The van der Waals surface area contributed by atoms with Gasteiger partial charge in [0.25, 0.3) is 0 Å².